The van der Waals surface area contributed by atoms with Gasteiger partial charge in [0.1, 0.15) is 5.60 Å². The third kappa shape index (κ3) is 3.54. The monoisotopic (exact) mass is 335 g/mol. The van der Waals surface area contributed by atoms with Crippen molar-refractivity contribution in [3.8, 4) is 5.75 Å². The highest BCUT2D eigenvalue weighted by atomic mass is 32.1. The summed E-state index contributed by atoms with van der Waals surface area (Å²) in [6.07, 6.45) is 2.48. The van der Waals surface area contributed by atoms with Crippen molar-refractivity contribution in [2.24, 2.45) is 0 Å². The fraction of sp³-hybridized carbons (Fsp3) is 0.353. The Bertz CT molecular complexity index is 703. The number of benzene rings is 1. The molecule has 0 bridgehead atoms. The van der Waals surface area contributed by atoms with Gasteiger partial charge in [-0.1, -0.05) is 12.1 Å². The number of nitrogens with one attached hydrogen (secondary N) is 1. The second-order valence-electron chi connectivity index (χ2n) is 5.64. The lowest BCUT2D eigenvalue weighted by atomic mass is 9.83. The number of rotatable bonds is 5. The Balaban J connectivity index is 1.55. The molecule has 1 aliphatic rings. The summed E-state index contributed by atoms with van der Waals surface area (Å²) < 4.78 is 18.6. The molecule has 0 spiro atoms. The minimum absolute atomic E-state index is 0.0409. The second-order valence-corrected chi connectivity index (χ2v) is 6.64. The van der Waals surface area contributed by atoms with Gasteiger partial charge >= 0.3 is 0 Å². The van der Waals surface area contributed by atoms with Crippen molar-refractivity contribution in [2.75, 3.05) is 13.2 Å². The predicted octanol–water partition coefficient (Wildman–Crippen LogP) is 2.61. The smallest absolute Gasteiger partial charge is 0.258 e. The van der Waals surface area contributed by atoms with Crippen molar-refractivity contribution in [1.82, 2.24) is 5.32 Å². The van der Waals surface area contributed by atoms with Gasteiger partial charge in [-0.2, -0.15) is 0 Å². The van der Waals surface area contributed by atoms with E-state index in [2.05, 4.69) is 5.32 Å². The first-order chi connectivity index (χ1) is 11.1. The Hall–Kier alpha value is -1.92. The maximum Gasteiger partial charge on any atom is 0.258 e. The van der Waals surface area contributed by atoms with Crippen molar-refractivity contribution in [2.45, 2.75) is 24.9 Å². The van der Waals surface area contributed by atoms with Gasteiger partial charge in [0, 0.05) is 4.88 Å². The molecule has 122 valence electrons. The predicted molar refractivity (Wildman–Crippen MR) is 86.1 cm³/mol. The summed E-state index contributed by atoms with van der Waals surface area (Å²) in [5.74, 6) is -0.850. The van der Waals surface area contributed by atoms with Gasteiger partial charge < -0.3 is 15.2 Å². The van der Waals surface area contributed by atoms with Crippen LogP contribution in [0.3, 0.4) is 0 Å². The number of hydrogen-bond donors (Lipinski definition) is 2. The average molecular weight is 335 g/mol. The van der Waals surface area contributed by atoms with Crippen LogP contribution < -0.4 is 10.1 Å². The zero-order valence-electron chi connectivity index (χ0n) is 12.5. The highest BCUT2D eigenvalue weighted by Crippen LogP contribution is 2.37. The Kier molecular flexibility index (Phi) is 4.63. The van der Waals surface area contributed by atoms with Gasteiger partial charge in [-0.3, -0.25) is 4.79 Å². The first-order valence-corrected chi connectivity index (χ1v) is 8.40. The lowest BCUT2D eigenvalue weighted by molar-refractivity contribution is -0.124. The van der Waals surface area contributed by atoms with Crippen LogP contribution in [0, 0.1) is 5.82 Å². The van der Waals surface area contributed by atoms with E-state index in [4.69, 9.17) is 4.74 Å². The summed E-state index contributed by atoms with van der Waals surface area (Å²) in [7, 11) is 0. The first kappa shape index (κ1) is 16.0. The molecule has 0 saturated heterocycles. The van der Waals surface area contributed by atoms with Gasteiger partial charge in [0.05, 0.1) is 6.54 Å². The molecule has 23 heavy (non-hydrogen) atoms. The summed E-state index contributed by atoms with van der Waals surface area (Å²) in [5.41, 5.74) is -0.120. The van der Waals surface area contributed by atoms with Crippen LogP contribution in [0.1, 0.15) is 23.3 Å². The average Bonchev–Trinajstić information content (AvgIpc) is 3.03. The molecule has 1 amide bonds. The maximum atomic E-state index is 13.4. The number of ether oxygens (including phenoxy) is 1. The molecule has 0 fully saturated rings. The number of hydrogen-bond acceptors (Lipinski definition) is 4. The van der Waals surface area contributed by atoms with Crippen LogP contribution in [-0.4, -0.2) is 24.2 Å². The molecule has 1 atom stereocenters. The number of thiophene rings is 1. The zero-order chi connectivity index (χ0) is 16.3. The molecular formula is C17H18FNO3S. The Morgan fingerprint density at radius 2 is 2.22 bits per heavy atom. The van der Waals surface area contributed by atoms with Crippen LogP contribution >= 0.6 is 11.3 Å². The third-order valence-corrected chi connectivity index (χ3v) is 5.00. The van der Waals surface area contributed by atoms with E-state index in [1.807, 2.05) is 11.4 Å². The van der Waals surface area contributed by atoms with E-state index in [9.17, 15) is 14.3 Å². The van der Waals surface area contributed by atoms with Gasteiger partial charge in [0.15, 0.2) is 18.2 Å². The van der Waals surface area contributed by atoms with Gasteiger partial charge in [0.25, 0.3) is 5.91 Å². The van der Waals surface area contributed by atoms with Crippen LogP contribution in [0.25, 0.3) is 0 Å². The highest BCUT2D eigenvalue weighted by molar-refractivity contribution is 7.10. The van der Waals surface area contributed by atoms with E-state index in [-0.39, 0.29) is 24.8 Å². The lowest BCUT2D eigenvalue weighted by Gasteiger charge is -2.32. The summed E-state index contributed by atoms with van der Waals surface area (Å²) in [6, 6.07) is 7.85. The molecule has 1 unspecified atom stereocenters. The fourth-order valence-corrected chi connectivity index (χ4v) is 3.83. The molecule has 4 nitrogen and oxygen atoms in total. The van der Waals surface area contributed by atoms with E-state index in [0.29, 0.717) is 6.42 Å². The van der Waals surface area contributed by atoms with Crippen molar-refractivity contribution in [3.63, 3.8) is 0 Å². The normalized spacial score (nSPS) is 19.9. The van der Waals surface area contributed by atoms with Gasteiger partial charge in [-0.15, -0.1) is 11.3 Å². The summed E-state index contributed by atoms with van der Waals surface area (Å²) in [6.45, 7) is -0.149. The number of halogens is 1. The molecule has 6 heteroatoms. The molecule has 0 saturated carbocycles. The molecule has 1 heterocycles. The van der Waals surface area contributed by atoms with Gasteiger partial charge in [-0.05, 0) is 48.4 Å². The number of para-hydroxylation sites is 1. The molecule has 3 rings (SSSR count). The molecule has 1 aliphatic carbocycles. The number of carbonyl (C=O) groups is 1. The fourth-order valence-electron chi connectivity index (χ4n) is 2.81. The minimum Gasteiger partial charge on any atom is -0.481 e. The minimum atomic E-state index is -1.03. The largest absolute Gasteiger partial charge is 0.481 e. The summed E-state index contributed by atoms with van der Waals surface area (Å²) >= 11 is 1.63. The topological polar surface area (TPSA) is 58.6 Å². The van der Waals surface area contributed by atoms with Crippen molar-refractivity contribution >= 4 is 17.2 Å². The Labute approximate surface area is 137 Å². The summed E-state index contributed by atoms with van der Waals surface area (Å²) in [5, 5.41) is 15.4. The zero-order valence-corrected chi connectivity index (χ0v) is 13.4. The molecule has 0 radical (unpaired) electrons. The van der Waals surface area contributed by atoms with Crippen LogP contribution in [0.2, 0.25) is 0 Å². The van der Waals surface area contributed by atoms with Gasteiger partial charge in [-0.25, -0.2) is 4.39 Å². The number of aliphatic hydroxyl groups is 1. The molecule has 1 aromatic heterocycles. The van der Waals surface area contributed by atoms with E-state index >= 15 is 0 Å². The number of fused-ring (bicyclic) bond motifs is 1. The third-order valence-electron chi connectivity index (χ3n) is 4.01. The number of carbonyl (C=O) groups excluding carboxylic acids is 1. The van der Waals surface area contributed by atoms with Crippen LogP contribution in [0.5, 0.6) is 5.75 Å². The molecule has 2 aromatic rings. The van der Waals surface area contributed by atoms with E-state index in [1.54, 1.807) is 23.5 Å². The molecule has 2 N–H and O–H groups in total. The molecule has 1 aromatic carbocycles. The molecular weight excluding hydrogens is 317 g/mol. The van der Waals surface area contributed by atoms with Crippen LogP contribution in [0.15, 0.2) is 35.7 Å². The van der Waals surface area contributed by atoms with Crippen LogP contribution in [0.4, 0.5) is 4.39 Å². The number of aryl methyl sites for hydroxylation is 1. The molecule has 0 aliphatic heterocycles. The SMILES string of the molecule is O=C(COc1ccccc1F)NCC1(O)CCCc2sccc21. The quantitative estimate of drug-likeness (QED) is 0.883. The Morgan fingerprint density at radius 3 is 3.04 bits per heavy atom. The second kappa shape index (κ2) is 6.68. The van der Waals surface area contributed by atoms with Crippen molar-refractivity contribution in [1.29, 1.82) is 0 Å². The summed E-state index contributed by atoms with van der Waals surface area (Å²) in [4.78, 5) is 13.1. The standard InChI is InChI=1S/C17H18FNO3S/c18-13-4-1-2-5-14(13)22-10-16(20)19-11-17(21)8-3-6-15-12(17)7-9-23-15/h1-2,4-5,7,9,21H,3,6,8,10-11H2,(H,19,20). The number of amides is 1. The van der Waals surface area contributed by atoms with Crippen molar-refractivity contribution in [3.05, 3.63) is 52.0 Å². The van der Waals surface area contributed by atoms with Crippen LogP contribution in [-0.2, 0) is 16.8 Å². The lowest BCUT2D eigenvalue weighted by Crippen LogP contribution is -2.43. The van der Waals surface area contributed by atoms with E-state index in [1.165, 1.54) is 17.0 Å². The van der Waals surface area contributed by atoms with Crippen molar-refractivity contribution < 1.29 is 19.0 Å². The maximum absolute atomic E-state index is 13.4. The van der Waals surface area contributed by atoms with E-state index in [0.717, 1.165) is 18.4 Å². The van der Waals surface area contributed by atoms with Gasteiger partial charge in [0.2, 0.25) is 0 Å². The Morgan fingerprint density at radius 1 is 1.39 bits per heavy atom. The highest BCUT2D eigenvalue weighted by Gasteiger charge is 2.35. The van der Waals surface area contributed by atoms with E-state index < -0.39 is 11.4 Å². The first-order valence-electron chi connectivity index (χ1n) is 7.52.